The van der Waals surface area contributed by atoms with Gasteiger partial charge in [-0.3, -0.25) is 9.59 Å². The number of rotatable bonds is 10. The van der Waals surface area contributed by atoms with Gasteiger partial charge in [0.1, 0.15) is 5.75 Å². The summed E-state index contributed by atoms with van der Waals surface area (Å²) in [5, 5.41) is 5.33. The molecule has 0 heterocycles. The standard InChI is InChI=1S/C21H26N2O6/c1-5-29-16-8-6-15(7-9-16)21(25)23-13-19(24)22-12-14-10-17(26-2)20(28-4)18(11-14)27-3/h6-11H,5,12-13H2,1-4H3,(H,22,24)(H,23,25). The van der Waals surface area contributed by atoms with Crippen molar-refractivity contribution in [1.82, 2.24) is 10.6 Å². The van der Waals surface area contributed by atoms with Gasteiger partial charge in [0, 0.05) is 12.1 Å². The van der Waals surface area contributed by atoms with E-state index in [1.165, 1.54) is 21.3 Å². The van der Waals surface area contributed by atoms with Crippen LogP contribution in [0.3, 0.4) is 0 Å². The minimum absolute atomic E-state index is 0.142. The Bertz CT molecular complexity index is 811. The van der Waals surface area contributed by atoms with Gasteiger partial charge in [-0.25, -0.2) is 0 Å². The van der Waals surface area contributed by atoms with Crippen molar-refractivity contribution in [3.8, 4) is 23.0 Å². The highest BCUT2D eigenvalue weighted by Gasteiger charge is 2.14. The predicted molar refractivity (Wildman–Crippen MR) is 108 cm³/mol. The Labute approximate surface area is 170 Å². The Morgan fingerprint density at radius 1 is 0.897 bits per heavy atom. The topological polar surface area (TPSA) is 95.1 Å². The summed E-state index contributed by atoms with van der Waals surface area (Å²) >= 11 is 0. The molecule has 0 unspecified atom stereocenters. The van der Waals surface area contributed by atoms with E-state index in [1.807, 2.05) is 6.92 Å². The van der Waals surface area contributed by atoms with E-state index >= 15 is 0 Å². The summed E-state index contributed by atoms with van der Waals surface area (Å²) in [4.78, 5) is 24.2. The van der Waals surface area contributed by atoms with E-state index in [4.69, 9.17) is 18.9 Å². The second kappa shape index (κ2) is 10.8. The number of benzene rings is 2. The maximum atomic E-state index is 12.2. The molecule has 8 heteroatoms. The monoisotopic (exact) mass is 402 g/mol. The first kappa shape index (κ1) is 21.9. The van der Waals surface area contributed by atoms with Crippen LogP contribution in [0.5, 0.6) is 23.0 Å². The van der Waals surface area contributed by atoms with Gasteiger partial charge in [0.15, 0.2) is 11.5 Å². The summed E-state index contributed by atoms with van der Waals surface area (Å²) in [6, 6.07) is 10.2. The van der Waals surface area contributed by atoms with Crippen LogP contribution in [-0.4, -0.2) is 46.3 Å². The second-order valence-electron chi connectivity index (χ2n) is 5.95. The normalized spacial score (nSPS) is 10.1. The van der Waals surface area contributed by atoms with Crippen molar-refractivity contribution in [3.63, 3.8) is 0 Å². The molecule has 0 atom stereocenters. The molecule has 2 rings (SSSR count). The molecular formula is C21H26N2O6. The predicted octanol–water partition coefficient (Wildman–Crippen LogP) is 2.16. The lowest BCUT2D eigenvalue weighted by Gasteiger charge is -2.14. The zero-order chi connectivity index (χ0) is 21.2. The largest absolute Gasteiger partial charge is 0.494 e. The number of methoxy groups -OCH3 is 3. The van der Waals surface area contributed by atoms with Gasteiger partial charge in [-0.05, 0) is 48.9 Å². The fourth-order valence-corrected chi connectivity index (χ4v) is 2.63. The van der Waals surface area contributed by atoms with Crippen molar-refractivity contribution in [3.05, 3.63) is 47.5 Å². The minimum atomic E-state index is -0.337. The molecule has 0 radical (unpaired) electrons. The molecule has 2 amide bonds. The number of hydrogen-bond donors (Lipinski definition) is 2. The lowest BCUT2D eigenvalue weighted by Crippen LogP contribution is -2.36. The van der Waals surface area contributed by atoms with E-state index in [0.717, 1.165) is 5.56 Å². The van der Waals surface area contributed by atoms with E-state index in [-0.39, 0.29) is 24.9 Å². The van der Waals surface area contributed by atoms with Crippen LogP contribution in [0.1, 0.15) is 22.8 Å². The minimum Gasteiger partial charge on any atom is -0.494 e. The molecule has 0 spiro atoms. The van der Waals surface area contributed by atoms with Crippen molar-refractivity contribution in [1.29, 1.82) is 0 Å². The average Bonchev–Trinajstić information content (AvgIpc) is 2.75. The average molecular weight is 402 g/mol. The van der Waals surface area contributed by atoms with Gasteiger partial charge in [-0.15, -0.1) is 0 Å². The first-order valence-electron chi connectivity index (χ1n) is 9.09. The maximum Gasteiger partial charge on any atom is 0.251 e. The van der Waals surface area contributed by atoms with E-state index in [2.05, 4.69) is 10.6 Å². The van der Waals surface area contributed by atoms with Crippen LogP contribution in [0.2, 0.25) is 0 Å². The van der Waals surface area contributed by atoms with Gasteiger partial charge in [0.25, 0.3) is 5.91 Å². The van der Waals surface area contributed by atoms with Crippen molar-refractivity contribution in [2.45, 2.75) is 13.5 Å². The Hall–Kier alpha value is -3.42. The van der Waals surface area contributed by atoms with Gasteiger partial charge in [0.05, 0.1) is 34.5 Å². The molecule has 2 N–H and O–H groups in total. The van der Waals surface area contributed by atoms with Gasteiger partial charge in [-0.1, -0.05) is 0 Å². The molecule has 0 bridgehead atoms. The van der Waals surface area contributed by atoms with E-state index < -0.39 is 0 Å². The summed E-state index contributed by atoms with van der Waals surface area (Å²) in [6.07, 6.45) is 0. The highest BCUT2D eigenvalue weighted by molar-refractivity contribution is 5.96. The number of ether oxygens (including phenoxy) is 4. The third-order valence-electron chi connectivity index (χ3n) is 4.05. The zero-order valence-electron chi connectivity index (χ0n) is 17.0. The number of amides is 2. The molecule has 2 aromatic carbocycles. The van der Waals surface area contributed by atoms with Crippen LogP contribution in [0.15, 0.2) is 36.4 Å². The quantitative estimate of drug-likeness (QED) is 0.632. The molecular weight excluding hydrogens is 376 g/mol. The molecule has 0 saturated carbocycles. The Balaban J connectivity index is 1.89. The number of hydrogen-bond acceptors (Lipinski definition) is 6. The van der Waals surface area contributed by atoms with Crippen LogP contribution in [0, 0.1) is 0 Å². The summed E-state index contributed by atoms with van der Waals surface area (Å²) < 4.78 is 21.2. The zero-order valence-corrected chi connectivity index (χ0v) is 17.0. The fraction of sp³-hybridized carbons (Fsp3) is 0.333. The molecule has 0 aromatic heterocycles. The SMILES string of the molecule is CCOc1ccc(C(=O)NCC(=O)NCc2cc(OC)c(OC)c(OC)c2)cc1. The second-order valence-corrected chi connectivity index (χ2v) is 5.95. The summed E-state index contributed by atoms with van der Waals surface area (Å²) in [7, 11) is 4.57. The molecule has 29 heavy (non-hydrogen) atoms. The first-order chi connectivity index (χ1) is 14.0. The molecule has 0 fully saturated rings. The molecule has 0 aliphatic heterocycles. The van der Waals surface area contributed by atoms with E-state index in [0.29, 0.717) is 35.2 Å². The Kier molecular flexibility index (Phi) is 8.14. The lowest BCUT2D eigenvalue weighted by molar-refractivity contribution is -0.120. The third-order valence-corrected chi connectivity index (χ3v) is 4.05. The van der Waals surface area contributed by atoms with Crippen LogP contribution >= 0.6 is 0 Å². The van der Waals surface area contributed by atoms with E-state index in [9.17, 15) is 9.59 Å². The van der Waals surface area contributed by atoms with Crippen LogP contribution in [0.25, 0.3) is 0 Å². The molecule has 8 nitrogen and oxygen atoms in total. The maximum absolute atomic E-state index is 12.2. The van der Waals surface area contributed by atoms with Crippen LogP contribution in [-0.2, 0) is 11.3 Å². The number of carbonyl (C=O) groups excluding carboxylic acids is 2. The number of nitrogens with one attached hydrogen (secondary N) is 2. The van der Waals surface area contributed by atoms with Crippen LogP contribution < -0.4 is 29.6 Å². The van der Waals surface area contributed by atoms with Crippen LogP contribution in [0.4, 0.5) is 0 Å². The van der Waals surface area contributed by atoms with Gasteiger partial charge < -0.3 is 29.6 Å². The summed E-state index contributed by atoms with van der Waals surface area (Å²) in [5.74, 6) is 1.51. The molecule has 0 aliphatic rings. The van der Waals surface area contributed by atoms with Gasteiger partial charge in [0.2, 0.25) is 11.7 Å². The van der Waals surface area contributed by atoms with Crippen molar-refractivity contribution in [2.75, 3.05) is 34.5 Å². The molecule has 2 aromatic rings. The molecule has 0 saturated heterocycles. The molecule has 0 aliphatic carbocycles. The highest BCUT2D eigenvalue weighted by atomic mass is 16.5. The molecule has 156 valence electrons. The van der Waals surface area contributed by atoms with Crippen molar-refractivity contribution >= 4 is 11.8 Å². The van der Waals surface area contributed by atoms with Crippen molar-refractivity contribution < 1.29 is 28.5 Å². The fourth-order valence-electron chi connectivity index (χ4n) is 2.63. The number of carbonyl (C=O) groups is 2. The lowest BCUT2D eigenvalue weighted by atomic mass is 10.1. The first-order valence-corrected chi connectivity index (χ1v) is 9.09. The summed E-state index contributed by atoms with van der Waals surface area (Å²) in [6.45, 7) is 2.54. The Morgan fingerprint density at radius 2 is 1.52 bits per heavy atom. The van der Waals surface area contributed by atoms with E-state index in [1.54, 1.807) is 36.4 Å². The van der Waals surface area contributed by atoms with Gasteiger partial charge in [-0.2, -0.15) is 0 Å². The smallest absolute Gasteiger partial charge is 0.251 e. The van der Waals surface area contributed by atoms with Crippen molar-refractivity contribution in [2.24, 2.45) is 0 Å². The highest BCUT2D eigenvalue weighted by Crippen LogP contribution is 2.38. The Morgan fingerprint density at radius 3 is 2.03 bits per heavy atom. The summed E-state index contributed by atoms with van der Waals surface area (Å²) in [5.41, 5.74) is 1.22. The third kappa shape index (κ3) is 6.03. The van der Waals surface area contributed by atoms with Gasteiger partial charge >= 0.3 is 0 Å².